The van der Waals surface area contributed by atoms with E-state index in [-0.39, 0.29) is 5.04 Å². The molecule has 0 N–H and O–H groups in total. The molecule has 0 fully saturated rings. The van der Waals surface area contributed by atoms with Crippen molar-refractivity contribution in [3.05, 3.63) is 15.0 Å². The van der Waals surface area contributed by atoms with Crippen molar-refractivity contribution in [3.8, 4) is 0 Å². The van der Waals surface area contributed by atoms with Crippen LogP contribution in [0.2, 0.25) is 18.1 Å². The molecule has 104 valence electrons. The number of imidazole rings is 1. The third-order valence-corrected chi connectivity index (χ3v) is 10.2. The van der Waals surface area contributed by atoms with E-state index in [4.69, 9.17) is 4.43 Å². The minimum absolute atomic E-state index is 0.260. The Bertz CT molecular complexity index is 424. The second-order valence-corrected chi connectivity index (χ2v) is 12.3. The van der Waals surface area contributed by atoms with Gasteiger partial charge < -0.3 is 8.99 Å². The van der Waals surface area contributed by atoms with Gasteiger partial charge in [0.2, 0.25) is 0 Å². The average molecular weight is 398 g/mol. The molecular formula is C12H22Br2N2OSi. The maximum atomic E-state index is 6.16. The van der Waals surface area contributed by atoms with E-state index in [1.54, 1.807) is 0 Å². The maximum Gasteiger partial charge on any atom is 0.191 e. The summed E-state index contributed by atoms with van der Waals surface area (Å²) < 4.78 is 10.0. The highest BCUT2D eigenvalue weighted by Gasteiger charge is 2.36. The van der Waals surface area contributed by atoms with Gasteiger partial charge in [0.1, 0.15) is 15.0 Å². The predicted molar refractivity (Wildman–Crippen MR) is 85.5 cm³/mol. The first kappa shape index (κ1) is 16.4. The van der Waals surface area contributed by atoms with E-state index in [2.05, 4.69) is 70.7 Å². The van der Waals surface area contributed by atoms with Gasteiger partial charge >= 0.3 is 0 Å². The Labute approximate surface area is 128 Å². The van der Waals surface area contributed by atoms with Crippen LogP contribution in [-0.4, -0.2) is 24.5 Å². The van der Waals surface area contributed by atoms with Crippen LogP contribution >= 0.6 is 31.9 Å². The monoisotopic (exact) mass is 396 g/mol. The average Bonchev–Trinajstić information content (AvgIpc) is 2.44. The summed E-state index contributed by atoms with van der Waals surface area (Å²) >= 11 is 6.90. The molecule has 1 aromatic heterocycles. The summed E-state index contributed by atoms with van der Waals surface area (Å²) in [5.74, 6) is 1.03. The third kappa shape index (κ3) is 3.68. The highest BCUT2D eigenvalue weighted by molar-refractivity contribution is 9.13. The van der Waals surface area contributed by atoms with Crippen LogP contribution in [0.1, 0.15) is 26.6 Å². The predicted octanol–water partition coefficient (Wildman–Crippen LogP) is 4.51. The highest BCUT2D eigenvalue weighted by atomic mass is 79.9. The van der Waals surface area contributed by atoms with Gasteiger partial charge in [-0.1, -0.05) is 20.8 Å². The standard InChI is InChI=1S/C12H22Br2N2OSi/c1-12(2,3)18(5,6)17-8-7-9-15-10(13)11(14)16(9)4/h7-8H2,1-6H3. The molecule has 3 nitrogen and oxygen atoms in total. The molecule has 0 saturated carbocycles. The molecule has 0 aliphatic rings. The smallest absolute Gasteiger partial charge is 0.191 e. The number of halogens is 2. The molecule has 0 saturated heterocycles. The van der Waals surface area contributed by atoms with Gasteiger partial charge in [-0.2, -0.15) is 0 Å². The number of hydrogen-bond donors (Lipinski definition) is 0. The lowest BCUT2D eigenvalue weighted by Crippen LogP contribution is -2.41. The van der Waals surface area contributed by atoms with Gasteiger partial charge in [0.25, 0.3) is 0 Å². The zero-order valence-corrected chi connectivity index (χ0v) is 16.1. The lowest BCUT2D eigenvalue weighted by Gasteiger charge is -2.36. The van der Waals surface area contributed by atoms with Crippen molar-refractivity contribution in [1.82, 2.24) is 9.55 Å². The first-order valence-corrected chi connectivity index (χ1v) is 10.6. The largest absolute Gasteiger partial charge is 0.416 e. The van der Waals surface area contributed by atoms with E-state index in [9.17, 15) is 0 Å². The Morgan fingerprint density at radius 1 is 1.28 bits per heavy atom. The minimum Gasteiger partial charge on any atom is -0.416 e. The summed E-state index contributed by atoms with van der Waals surface area (Å²) in [5, 5.41) is 0.260. The van der Waals surface area contributed by atoms with Gasteiger partial charge in [0.05, 0.1) is 0 Å². The Kier molecular flexibility index (Phi) is 5.26. The summed E-state index contributed by atoms with van der Waals surface area (Å²) in [6, 6.07) is 0. The molecule has 0 unspecified atom stereocenters. The Morgan fingerprint density at radius 3 is 2.22 bits per heavy atom. The summed E-state index contributed by atoms with van der Waals surface area (Å²) in [5.41, 5.74) is 0. The van der Waals surface area contributed by atoms with Crippen LogP contribution in [0, 0.1) is 0 Å². The zero-order valence-electron chi connectivity index (χ0n) is 12.0. The van der Waals surface area contributed by atoms with Gasteiger partial charge in [-0.15, -0.1) is 0 Å². The van der Waals surface area contributed by atoms with Crippen LogP contribution < -0.4 is 0 Å². The summed E-state index contributed by atoms with van der Waals surface area (Å²) in [7, 11) is 0.360. The molecule has 0 aliphatic carbocycles. The van der Waals surface area contributed by atoms with E-state index >= 15 is 0 Å². The number of aromatic nitrogens is 2. The maximum absolute atomic E-state index is 6.16. The molecule has 0 spiro atoms. The van der Waals surface area contributed by atoms with Crippen molar-refractivity contribution in [2.45, 2.75) is 45.3 Å². The molecule has 0 atom stereocenters. The lowest BCUT2D eigenvalue weighted by atomic mass is 10.2. The molecule has 18 heavy (non-hydrogen) atoms. The molecule has 0 aromatic carbocycles. The first-order chi connectivity index (χ1) is 8.06. The van der Waals surface area contributed by atoms with Crippen LogP contribution in [-0.2, 0) is 17.9 Å². The second-order valence-electron chi connectivity index (χ2n) is 6.03. The quantitative estimate of drug-likeness (QED) is 0.698. The van der Waals surface area contributed by atoms with Crippen LogP contribution in [0.3, 0.4) is 0 Å². The fourth-order valence-corrected chi connectivity index (χ4v) is 3.13. The van der Waals surface area contributed by atoms with Gasteiger partial charge in [-0.25, -0.2) is 4.98 Å². The van der Waals surface area contributed by atoms with Crippen molar-refractivity contribution in [3.63, 3.8) is 0 Å². The van der Waals surface area contributed by atoms with Crippen molar-refractivity contribution in [2.24, 2.45) is 7.05 Å². The molecule has 1 aromatic rings. The molecule has 0 amide bonds. The molecule has 1 rings (SSSR count). The highest BCUT2D eigenvalue weighted by Crippen LogP contribution is 2.36. The van der Waals surface area contributed by atoms with Crippen LogP contribution in [0.15, 0.2) is 9.21 Å². The fraction of sp³-hybridized carbons (Fsp3) is 0.750. The Balaban J connectivity index is 2.60. The Hall–Kier alpha value is 0.347. The topological polar surface area (TPSA) is 27.1 Å². The van der Waals surface area contributed by atoms with Crippen LogP contribution in [0.25, 0.3) is 0 Å². The van der Waals surface area contributed by atoms with Gasteiger partial charge in [0, 0.05) is 20.1 Å². The molecule has 1 heterocycles. The van der Waals surface area contributed by atoms with E-state index in [0.29, 0.717) is 0 Å². The molecule has 0 aliphatic heterocycles. The van der Waals surface area contributed by atoms with Crippen molar-refractivity contribution in [1.29, 1.82) is 0 Å². The van der Waals surface area contributed by atoms with Gasteiger partial charge in [-0.05, 0) is 50.0 Å². The summed E-state index contributed by atoms with van der Waals surface area (Å²) in [6.45, 7) is 12.1. The lowest BCUT2D eigenvalue weighted by molar-refractivity contribution is 0.288. The van der Waals surface area contributed by atoms with Crippen LogP contribution in [0.4, 0.5) is 0 Å². The molecule has 6 heteroatoms. The van der Waals surface area contributed by atoms with Gasteiger partial charge in [-0.3, -0.25) is 0 Å². The molecular weight excluding hydrogens is 376 g/mol. The van der Waals surface area contributed by atoms with E-state index in [0.717, 1.165) is 28.1 Å². The molecule has 0 radical (unpaired) electrons. The Morgan fingerprint density at radius 2 is 1.83 bits per heavy atom. The fourth-order valence-electron chi connectivity index (χ4n) is 1.32. The minimum atomic E-state index is -1.64. The van der Waals surface area contributed by atoms with Crippen molar-refractivity contribution in [2.75, 3.05) is 6.61 Å². The van der Waals surface area contributed by atoms with Crippen molar-refractivity contribution < 1.29 is 4.43 Å². The summed E-state index contributed by atoms with van der Waals surface area (Å²) in [4.78, 5) is 4.46. The SMILES string of the molecule is Cn1c(CCO[Si](C)(C)C(C)(C)C)nc(Br)c1Br. The van der Waals surface area contributed by atoms with Crippen molar-refractivity contribution >= 4 is 40.2 Å². The van der Waals surface area contributed by atoms with E-state index < -0.39 is 8.32 Å². The van der Waals surface area contributed by atoms with E-state index in [1.807, 2.05) is 11.6 Å². The van der Waals surface area contributed by atoms with Gasteiger partial charge in [0.15, 0.2) is 8.32 Å². The second kappa shape index (κ2) is 5.77. The molecule has 0 bridgehead atoms. The van der Waals surface area contributed by atoms with Crippen LogP contribution in [0.5, 0.6) is 0 Å². The third-order valence-electron chi connectivity index (χ3n) is 3.67. The number of hydrogen-bond acceptors (Lipinski definition) is 2. The normalized spacial score (nSPS) is 13.1. The summed E-state index contributed by atoms with van der Waals surface area (Å²) in [6.07, 6.45) is 0.840. The first-order valence-electron chi connectivity index (χ1n) is 6.07. The van der Waals surface area contributed by atoms with E-state index in [1.165, 1.54) is 0 Å². The number of nitrogens with zero attached hydrogens (tertiary/aromatic N) is 2. The number of rotatable bonds is 4. The zero-order chi connectivity index (χ0) is 14.1.